The summed E-state index contributed by atoms with van der Waals surface area (Å²) in [7, 11) is 0. The van der Waals surface area contributed by atoms with E-state index in [1.54, 1.807) is 12.1 Å². The Morgan fingerprint density at radius 3 is 2.84 bits per heavy atom. The lowest BCUT2D eigenvalue weighted by molar-refractivity contribution is 0.0697. The maximum atomic E-state index is 11.0. The van der Waals surface area contributed by atoms with Gasteiger partial charge in [-0.25, -0.2) is 4.79 Å². The van der Waals surface area contributed by atoms with Crippen LogP contribution in [0.25, 0.3) is 0 Å². The molecule has 1 aromatic rings. The Morgan fingerprint density at radius 1 is 1.37 bits per heavy atom. The summed E-state index contributed by atoms with van der Waals surface area (Å²) in [4.78, 5) is 13.6. The fourth-order valence-corrected chi connectivity index (χ4v) is 2.89. The molecule has 3 rings (SSSR count). The molecule has 1 aromatic carbocycles. The van der Waals surface area contributed by atoms with E-state index in [1.807, 2.05) is 6.07 Å². The molecular weight excluding hydrogens is 264 g/mol. The summed E-state index contributed by atoms with van der Waals surface area (Å²) in [6.45, 7) is 2.19. The van der Waals surface area contributed by atoms with Crippen molar-refractivity contribution >= 4 is 23.3 Å². The highest BCUT2D eigenvalue weighted by atomic mass is 35.5. The van der Waals surface area contributed by atoms with Crippen molar-refractivity contribution in [3.8, 4) is 0 Å². The third-order valence-electron chi connectivity index (χ3n) is 3.85. The second-order valence-corrected chi connectivity index (χ2v) is 5.76. The number of carboxylic acid groups (broad SMARTS) is 1. The minimum atomic E-state index is -0.986. The van der Waals surface area contributed by atoms with Crippen molar-refractivity contribution in [3.63, 3.8) is 0 Å². The number of anilines is 1. The molecule has 1 unspecified atom stereocenters. The van der Waals surface area contributed by atoms with Crippen molar-refractivity contribution in [1.29, 1.82) is 0 Å². The van der Waals surface area contributed by atoms with E-state index in [9.17, 15) is 4.79 Å². The van der Waals surface area contributed by atoms with Crippen molar-refractivity contribution in [3.05, 3.63) is 28.8 Å². The summed E-state index contributed by atoms with van der Waals surface area (Å²) in [5.74, 6) is -0.986. The SMILES string of the molecule is O=C(O)c1cc(NC2CCN(C3CC3)C2)ccc1Cl. The van der Waals surface area contributed by atoms with Gasteiger partial charge >= 0.3 is 5.97 Å². The lowest BCUT2D eigenvalue weighted by Gasteiger charge is -2.17. The first-order valence-electron chi connectivity index (χ1n) is 6.67. The van der Waals surface area contributed by atoms with Crippen LogP contribution in [0.4, 0.5) is 5.69 Å². The fraction of sp³-hybridized carbons (Fsp3) is 0.500. The molecule has 2 N–H and O–H groups in total. The number of halogens is 1. The number of aromatic carboxylic acids is 1. The van der Waals surface area contributed by atoms with Gasteiger partial charge in [0.25, 0.3) is 0 Å². The van der Waals surface area contributed by atoms with Gasteiger partial charge in [-0.1, -0.05) is 11.6 Å². The van der Waals surface area contributed by atoms with Gasteiger partial charge in [0.1, 0.15) is 0 Å². The van der Waals surface area contributed by atoms with Gasteiger partial charge in [-0.05, 0) is 37.5 Å². The van der Waals surface area contributed by atoms with Gasteiger partial charge in [-0.15, -0.1) is 0 Å². The molecule has 0 bridgehead atoms. The molecule has 102 valence electrons. The quantitative estimate of drug-likeness (QED) is 0.890. The van der Waals surface area contributed by atoms with Crippen molar-refractivity contribution in [2.24, 2.45) is 0 Å². The molecule has 0 radical (unpaired) electrons. The van der Waals surface area contributed by atoms with E-state index >= 15 is 0 Å². The van der Waals surface area contributed by atoms with Crippen LogP contribution >= 0.6 is 11.6 Å². The first kappa shape index (κ1) is 12.8. The number of carbonyl (C=O) groups is 1. The monoisotopic (exact) mass is 280 g/mol. The molecule has 1 atom stereocenters. The minimum absolute atomic E-state index is 0.156. The molecule has 1 saturated carbocycles. The van der Waals surface area contributed by atoms with Crippen LogP contribution in [0.3, 0.4) is 0 Å². The Bertz CT molecular complexity index is 502. The lowest BCUT2D eigenvalue weighted by atomic mass is 10.1. The average molecular weight is 281 g/mol. The standard InChI is InChI=1S/C14H17ClN2O2/c15-13-4-1-9(7-12(13)14(18)19)16-10-5-6-17(8-10)11-2-3-11/h1,4,7,10-11,16H,2-3,5-6,8H2,(H,18,19). The maximum absolute atomic E-state index is 11.0. The molecule has 5 heteroatoms. The van der Waals surface area contributed by atoms with E-state index in [1.165, 1.54) is 12.8 Å². The number of nitrogens with one attached hydrogen (secondary N) is 1. The van der Waals surface area contributed by atoms with Gasteiger partial charge in [-0.3, -0.25) is 4.90 Å². The summed E-state index contributed by atoms with van der Waals surface area (Å²) < 4.78 is 0. The molecule has 1 aliphatic heterocycles. The molecule has 2 fully saturated rings. The molecule has 1 aliphatic carbocycles. The first-order valence-corrected chi connectivity index (χ1v) is 7.05. The average Bonchev–Trinajstić information content (AvgIpc) is 3.12. The van der Waals surface area contributed by atoms with E-state index in [0.717, 1.165) is 31.2 Å². The van der Waals surface area contributed by atoms with E-state index < -0.39 is 5.97 Å². The molecule has 19 heavy (non-hydrogen) atoms. The number of hydrogen-bond donors (Lipinski definition) is 2. The van der Waals surface area contributed by atoms with Gasteiger partial charge in [0.15, 0.2) is 0 Å². The second kappa shape index (κ2) is 5.02. The number of nitrogens with zero attached hydrogens (tertiary/aromatic N) is 1. The largest absolute Gasteiger partial charge is 0.478 e. The second-order valence-electron chi connectivity index (χ2n) is 5.36. The Hall–Kier alpha value is -1.26. The number of hydrogen-bond acceptors (Lipinski definition) is 3. The topological polar surface area (TPSA) is 52.6 Å². The molecule has 4 nitrogen and oxygen atoms in total. The molecule has 1 heterocycles. The zero-order valence-corrected chi connectivity index (χ0v) is 11.4. The highest BCUT2D eigenvalue weighted by Crippen LogP contribution is 2.31. The third-order valence-corrected chi connectivity index (χ3v) is 4.18. The number of benzene rings is 1. The smallest absolute Gasteiger partial charge is 0.337 e. The van der Waals surface area contributed by atoms with E-state index in [0.29, 0.717) is 6.04 Å². The third kappa shape index (κ3) is 2.85. The van der Waals surface area contributed by atoms with Gasteiger partial charge in [-0.2, -0.15) is 0 Å². The summed E-state index contributed by atoms with van der Waals surface area (Å²) in [5, 5.41) is 12.7. The van der Waals surface area contributed by atoms with E-state index in [4.69, 9.17) is 16.7 Å². The molecule has 2 aliphatic rings. The molecular formula is C14H17ClN2O2. The lowest BCUT2D eigenvalue weighted by Crippen LogP contribution is -2.27. The number of rotatable bonds is 4. The first-order chi connectivity index (χ1) is 9.13. The highest BCUT2D eigenvalue weighted by Gasteiger charge is 2.34. The van der Waals surface area contributed by atoms with Crippen LogP contribution < -0.4 is 5.32 Å². The van der Waals surface area contributed by atoms with Crippen molar-refractivity contribution in [2.75, 3.05) is 18.4 Å². The molecule has 0 spiro atoms. The van der Waals surface area contributed by atoms with Crippen LogP contribution in [-0.2, 0) is 0 Å². The van der Waals surface area contributed by atoms with Gasteiger partial charge in [0.05, 0.1) is 10.6 Å². The zero-order valence-electron chi connectivity index (χ0n) is 10.6. The normalized spacial score (nSPS) is 23.5. The van der Waals surface area contributed by atoms with Crippen LogP contribution in [0.1, 0.15) is 29.6 Å². The van der Waals surface area contributed by atoms with E-state index in [-0.39, 0.29) is 10.6 Å². The Labute approximate surface area is 117 Å². The highest BCUT2D eigenvalue weighted by molar-refractivity contribution is 6.33. The molecule has 0 aromatic heterocycles. The summed E-state index contributed by atoms with van der Waals surface area (Å²) in [5.41, 5.74) is 0.994. The van der Waals surface area contributed by atoms with Crippen molar-refractivity contribution in [2.45, 2.75) is 31.3 Å². The van der Waals surface area contributed by atoms with Gasteiger partial charge in [0.2, 0.25) is 0 Å². The molecule has 0 amide bonds. The van der Waals surface area contributed by atoms with Crippen LogP contribution in [0.15, 0.2) is 18.2 Å². The minimum Gasteiger partial charge on any atom is -0.478 e. The van der Waals surface area contributed by atoms with Gasteiger partial charge < -0.3 is 10.4 Å². The maximum Gasteiger partial charge on any atom is 0.337 e. The van der Waals surface area contributed by atoms with E-state index in [2.05, 4.69) is 10.2 Å². The van der Waals surface area contributed by atoms with Crippen LogP contribution in [0, 0.1) is 0 Å². The Kier molecular flexibility index (Phi) is 3.37. The molecule has 1 saturated heterocycles. The predicted octanol–water partition coefficient (Wildman–Crippen LogP) is 2.69. The van der Waals surface area contributed by atoms with Gasteiger partial charge in [0, 0.05) is 30.9 Å². The number of carboxylic acids is 1. The number of likely N-dealkylation sites (tertiary alicyclic amines) is 1. The zero-order chi connectivity index (χ0) is 13.4. The summed E-state index contributed by atoms with van der Waals surface area (Å²) in [6.07, 6.45) is 3.77. The predicted molar refractivity (Wildman–Crippen MR) is 75.0 cm³/mol. The summed E-state index contributed by atoms with van der Waals surface area (Å²) in [6, 6.07) is 6.30. The van der Waals surface area contributed by atoms with Crippen LogP contribution in [0.2, 0.25) is 5.02 Å². The van der Waals surface area contributed by atoms with Crippen LogP contribution in [0.5, 0.6) is 0 Å². The fourth-order valence-electron chi connectivity index (χ4n) is 2.69. The van der Waals surface area contributed by atoms with Crippen LogP contribution in [-0.4, -0.2) is 41.1 Å². The summed E-state index contributed by atoms with van der Waals surface area (Å²) >= 11 is 5.86. The Morgan fingerprint density at radius 2 is 2.16 bits per heavy atom. The van der Waals surface area contributed by atoms with Crippen molar-refractivity contribution in [1.82, 2.24) is 4.90 Å². The van der Waals surface area contributed by atoms with Crippen molar-refractivity contribution < 1.29 is 9.90 Å². The Balaban J connectivity index is 1.66.